The predicted octanol–water partition coefficient (Wildman–Crippen LogP) is 2.68. The Morgan fingerprint density at radius 1 is 0.929 bits per heavy atom. The number of rotatable bonds is 7. The molecule has 1 aliphatic heterocycles. The number of carbonyl (C=O) groups is 2. The van der Waals surface area contributed by atoms with Crippen molar-refractivity contribution in [1.29, 1.82) is 0 Å². The Labute approximate surface area is 165 Å². The van der Waals surface area contributed by atoms with E-state index in [0.717, 1.165) is 32.7 Å². The van der Waals surface area contributed by atoms with Crippen LogP contribution in [0.1, 0.15) is 28.8 Å². The van der Waals surface area contributed by atoms with Crippen molar-refractivity contribution in [3.63, 3.8) is 0 Å². The van der Waals surface area contributed by atoms with Gasteiger partial charge in [0.2, 0.25) is 5.91 Å². The molecule has 1 fully saturated rings. The summed E-state index contributed by atoms with van der Waals surface area (Å²) in [6, 6.07) is 15.8. The summed E-state index contributed by atoms with van der Waals surface area (Å²) < 4.78 is 12.9. The maximum atomic E-state index is 12.9. The second-order valence-electron chi connectivity index (χ2n) is 7.01. The van der Waals surface area contributed by atoms with Crippen LogP contribution in [0.4, 0.5) is 4.39 Å². The third-order valence-corrected chi connectivity index (χ3v) is 4.93. The lowest BCUT2D eigenvalue weighted by Gasteiger charge is -2.34. The standard InChI is InChI=1S/C22H26FN3O2/c23-20-10-8-19(9-11-20)22(28)24-12-4-7-21(27)26-15-13-25(14-16-26)17-18-5-2-1-3-6-18/h1-3,5-6,8-11H,4,7,12-17H2,(H,24,28). The fourth-order valence-corrected chi connectivity index (χ4v) is 3.30. The molecular weight excluding hydrogens is 357 g/mol. The number of benzene rings is 2. The second-order valence-corrected chi connectivity index (χ2v) is 7.01. The first-order valence-electron chi connectivity index (χ1n) is 9.69. The van der Waals surface area contributed by atoms with Crippen molar-refractivity contribution in [2.24, 2.45) is 0 Å². The van der Waals surface area contributed by atoms with Crippen molar-refractivity contribution in [2.75, 3.05) is 32.7 Å². The number of carbonyl (C=O) groups excluding carboxylic acids is 2. The van der Waals surface area contributed by atoms with E-state index in [4.69, 9.17) is 0 Å². The van der Waals surface area contributed by atoms with Crippen molar-refractivity contribution in [3.05, 3.63) is 71.5 Å². The molecule has 0 atom stereocenters. The zero-order valence-electron chi connectivity index (χ0n) is 15.9. The third-order valence-electron chi connectivity index (χ3n) is 4.93. The van der Waals surface area contributed by atoms with Crippen LogP contribution in [0.5, 0.6) is 0 Å². The number of hydrogen-bond donors (Lipinski definition) is 1. The summed E-state index contributed by atoms with van der Waals surface area (Å²) in [5.41, 5.74) is 1.71. The smallest absolute Gasteiger partial charge is 0.251 e. The van der Waals surface area contributed by atoms with Gasteiger partial charge in [-0.25, -0.2) is 4.39 Å². The Kier molecular flexibility index (Phi) is 7.14. The summed E-state index contributed by atoms with van der Waals surface area (Å²) in [4.78, 5) is 28.6. The Bertz CT molecular complexity index is 772. The van der Waals surface area contributed by atoms with Crippen LogP contribution in [-0.2, 0) is 11.3 Å². The van der Waals surface area contributed by atoms with Crippen LogP contribution >= 0.6 is 0 Å². The van der Waals surface area contributed by atoms with E-state index in [0.29, 0.717) is 24.9 Å². The first-order valence-corrected chi connectivity index (χ1v) is 9.69. The molecule has 3 rings (SSSR count). The van der Waals surface area contributed by atoms with Gasteiger partial charge in [0, 0.05) is 51.3 Å². The summed E-state index contributed by atoms with van der Waals surface area (Å²) in [6.07, 6.45) is 1.01. The molecule has 2 aromatic carbocycles. The van der Waals surface area contributed by atoms with Gasteiger partial charge >= 0.3 is 0 Å². The number of nitrogens with one attached hydrogen (secondary N) is 1. The van der Waals surface area contributed by atoms with Crippen molar-refractivity contribution in [2.45, 2.75) is 19.4 Å². The van der Waals surface area contributed by atoms with E-state index in [2.05, 4.69) is 22.3 Å². The minimum Gasteiger partial charge on any atom is -0.352 e. The average Bonchev–Trinajstić information content (AvgIpc) is 2.72. The van der Waals surface area contributed by atoms with Gasteiger partial charge in [-0.05, 0) is 36.2 Å². The van der Waals surface area contributed by atoms with Gasteiger partial charge in [-0.15, -0.1) is 0 Å². The van der Waals surface area contributed by atoms with Crippen LogP contribution in [0.3, 0.4) is 0 Å². The molecule has 148 valence electrons. The number of amides is 2. The van der Waals surface area contributed by atoms with Crippen LogP contribution in [-0.4, -0.2) is 54.3 Å². The second kappa shape index (κ2) is 9.99. The number of piperazine rings is 1. The first kappa shape index (κ1) is 20.0. The monoisotopic (exact) mass is 383 g/mol. The van der Waals surface area contributed by atoms with Gasteiger partial charge in [0.05, 0.1) is 0 Å². The minimum atomic E-state index is -0.369. The van der Waals surface area contributed by atoms with Gasteiger partial charge < -0.3 is 10.2 Å². The van der Waals surface area contributed by atoms with Crippen LogP contribution in [0.2, 0.25) is 0 Å². The van der Waals surface area contributed by atoms with E-state index in [9.17, 15) is 14.0 Å². The number of halogens is 1. The van der Waals surface area contributed by atoms with Crippen LogP contribution in [0.15, 0.2) is 54.6 Å². The molecule has 0 bridgehead atoms. The van der Waals surface area contributed by atoms with Crippen LogP contribution in [0, 0.1) is 5.82 Å². The summed E-state index contributed by atoms with van der Waals surface area (Å²) in [6.45, 7) is 4.58. The van der Waals surface area contributed by atoms with Gasteiger partial charge in [0.15, 0.2) is 0 Å². The molecule has 2 amide bonds. The molecule has 6 heteroatoms. The molecule has 2 aromatic rings. The fraction of sp³-hybridized carbons (Fsp3) is 0.364. The number of nitrogens with zero attached hydrogens (tertiary/aromatic N) is 2. The summed E-state index contributed by atoms with van der Waals surface area (Å²) in [5.74, 6) is -0.483. The van der Waals surface area contributed by atoms with E-state index in [1.54, 1.807) is 0 Å². The highest BCUT2D eigenvalue weighted by Gasteiger charge is 2.20. The Morgan fingerprint density at radius 2 is 1.61 bits per heavy atom. The van der Waals surface area contributed by atoms with Gasteiger partial charge in [-0.1, -0.05) is 30.3 Å². The van der Waals surface area contributed by atoms with E-state index in [1.165, 1.54) is 29.8 Å². The molecule has 0 saturated carbocycles. The molecule has 1 saturated heterocycles. The Morgan fingerprint density at radius 3 is 2.29 bits per heavy atom. The topological polar surface area (TPSA) is 52.7 Å². The Hall–Kier alpha value is -2.73. The SMILES string of the molecule is O=C(NCCCC(=O)N1CCN(Cc2ccccc2)CC1)c1ccc(F)cc1. The van der Waals surface area contributed by atoms with Crippen molar-refractivity contribution >= 4 is 11.8 Å². The predicted molar refractivity (Wildman–Crippen MR) is 106 cm³/mol. The molecule has 0 radical (unpaired) electrons. The molecule has 1 N–H and O–H groups in total. The maximum absolute atomic E-state index is 12.9. The molecule has 1 aliphatic rings. The summed E-state index contributed by atoms with van der Waals surface area (Å²) >= 11 is 0. The highest BCUT2D eigenvalue weighted by atomic mass is 19.1. The number of hydrogen-bond acceptors (Lipinski definition) is 3. The van der Waals surface area contributed by atoms with Crippen molar-refractivity contribution in [1.82, 2.24) is 15.1 Å². The molecule has 28 heavy (non-hydrogen) atoms. The van der Waals surface area contributed by atoms with E-state index < -0.39 is 0 Å². The minimum absolute atomic E-state index is 0.135. The van der Waals surface area contributed by atoms with Gasteiger partial charge in [0.25, 0.3) is 5.91 Å². The molecule has 5 nitrogen and oxygen atoms in total. The third kappa shape index (κ3) is 5.89. The van der Waals surface area contributed by atoms with Gasteiger partial charge in [0.1, 0.15) is 5.82 Å². The largest absolute Gasteiger partial charge is 0.352 e. The zero-order valence-corrected chi connectivity index (χ0v) is 15.9. The molecule has 0 aliphatic carbocycles. The zero-order chi connectivity index (χ0) is 19.8. The van der Waals surface area contributed by atoms with Crippen molar-refractivity contribution in [3.8, 4) is 0 Å². The molecular formula is C22H26FN3O2. The normalized spacial score (nSPS) is 14.7. The van der Waals surface area contributed by atoms with Gasteiger partial charge in [-0.3, -0.25) is 14.5 Å². The lowest BCUT2D eigenvalue weighted by Crippen LogP contribution is -2.48. The highest BCUT2D eigenvalue weighted by molar-refractivity contribution is 5.94. The lowest BCUT2D eigenvalue weighted by molar-refractivity contribution is -0.133. The van der Waals surface area contributed by atoms with Crippen LogP contribution in [0.25, 0.3) is 0 Å². The Balaban J connectivity index is 1.32. The van der Waals surface area contributed by atoms with Crippen molar-refractivity contribution < 1.29 is 14.0 Å². The molecule has 0 spiro atoms. The average molecular weight is 383 g/mol. The van der Waals surface area contributed by atoms with Crippen LogP contribution < -0.4 is 5.32 Å². The van der Waals surface area contributed by atoms with E-state index in [-0.39, 0.29) is 17.6 Å². The summed E-state index contributed by atoms with van der Waals surface area (Å²) in [7, 11) is 0. The van der Waals surface area contributed by atoms with E-state index >= 15 is 0 Å². The lowest BCUT2D eigenvalue weighted by atomic mass is 10.2. The molecule has 1 heterocycles. The first-order chi connectivity index (χ1) is 13.6. The fourth-order valence-electron chi connectivity index (χ4n) is 3.30. The highest BCUT2D eigenvalue weighted by Crippen LogP contribution is 2.10. The quantitative estimate of drug-likeness (QED) is 0.748. The summed E-state index contributed by atoms with van der Waals surface area (Å²) in [5, 5.41) is 2.77. The van der Waals surface area contributed by atoms with Gasteiger partial charge in [-0.2, -0.15) is 0 Å². The van der Waals surface area contributed by atoms with E-state index in [1.807, 2.05) is 23.1 Å². The maximum Gasteiger partial charge on any atom is 0.251 e. The molecule has 0 aromatic heterocycles. The molecule has 0 unspecified atom stereocenters.